The van der Waals surface area contributed by atoms with Gasteiger partial charge in [-0.2, -0.15) is 0 Å². The molecule has 0 bridgehead atoms. The van der Waals surface area contributed by atoms with Crippen molar-refractivity contribution < 1.29 is 0 Å². The smallest absolute Gasteiger partial charge is 0.0708 e. The van der Waals surface area contributed by atoms with Gasteiger partial charge in [0.05, 0.1) is 11.6 Å². The van der Waals surface area contributed by atoms with E-state index in [0.29, 0.717) is 0 Å². The van der Waals surface area contributed by atoms with Crippen LogP contribution >= 0.6 is 0 Å². The molecule has 0 aliphatic rings. The van der Waals surface area contributed by atoms with Crippen molar-refractivity contribution in [3.05, 3.63) is 71.7 Å². The molecule has 0 fully saturated rings. The Hall–Kier alpha value is -2.26. The van der Waals surface area contributed by atoms with Crippen molar-refractivity contribution in [3.8, 4) is 0 Å². The van der Waals surface area contributed by atoms with Gasteiger partial charge in [-0.15, -0.1) is 0 Å². The molecule has 0 aliphatic heterocycles. The maximum atomic E-state index is 4.60. The molecule has 20 heavy (non-hydrogen) atoms. The Kier molecular flexibility index (Phi) is 3.44. The van der Waals surface area contributed by atoms with Crippen molar-refractivity contribution in [2.75, 3.05) is 7.05 Å². The topological polar surface area (TPSA) is 37.8 Å². The van der Waals surface area contributed by atoms with E-state index in [0.717, 1.165) is 16.8 Å². The van der Waals surface area contributed by atoms with Gasteiger partial charge in [-0.3, -0.25) is 9.97 Å². The van der Waals surface area contributed by atoms with E-state index < -0.39 is 0 Å². The molecule has 1 atom stereocenters. The minimum Gasteiger partial charge on any atom is -0.309 e. The first-order valence-electron chi connectivity index (χ1n) is 6.73. The van der Waals surface area contributed by atoms with Gasteiger partial charge in [0.25, 0.3) is 0 Å². The van der Waals surface area contributed by atoms with Crippen LogP contribution in [0.1, 0.15) is 22.9 Å². The molecule has 3 nitrogen and oxygen atoms in total. The van der Waals surface area contributed by atoms with Crippen LogP contribution in [0, 0.1) is 6.92 Å². The number of benzene rings is 1. The van der Waals surface area contributed by atoms with Crippen LogP contribution in [-0.2, 0) is 0 Å². The number of para-hydroxylation sites is 1. The lowest BCUT2D eigenvalue weighted by Gasteiger charge is -2.19. The highest BCUT2D eigenvalue weighted by molar-refractivity contribution is 5.83. The summed E-state index contributed by atoms with van der Waals surface area (Å²) in [5.41, 5.74) is 4.46. The molecular formula is C17H17N3. The van der Waals surface area contributed by atoms with Crippen LogP contribution in [0.5, 0.6) is 0 Å². The summed E-state index contributed by atoms with van der Waals surface area (Å²) < 4.78 is 0. The largest absolute Gasteiger partial charge is 0.309 e. The van der Waals surface area contributed by atoms with Gasteiger partial charge in [0.15, 0.2) is 0 Å². The summed E-state index contributed by atoms with van der Waals surface area (Å²) >= 11 is 0. The SMILES string of the molecule is CNC(c1cccnc1)c1cc(C)nc2ccccc12. The first kappa shape index (κ1) is 12.8. The summed E-state index contributed by atoms with van der Waals surface area (Å²) in [6, 6.07) is 14.6. The van der Waals surface area contributed by atoms with Gasteiger partial charge in [-0.1, -0.05) is 24.3 Å². The number of pyridine rings is 2. The van der Waals surface area contributed by atoms with Crippen LogP contribution in [0.4, 0.5) is 0 Å². The van der Waals surface area contributed by atoms with E-state index in [4.69, 9.17) is 0 Å². The van der Waals surface area contributed by atoms with E-state index >= 15 is 0 Å². The summed E-state index contributed by atoms with van der Waals surface area (Å²) in [4.78, 5) is 8.83. The number of nitrogens with one attached hydrogen (secondary N) is 1. The Balaban J connectivity index is 2.22. The highest BCUT2D eigenvalue weighted by Crippen LogP contribution is 2.28. The predicted molar refractivity (Wildman–Crippen MR) is 81.6 cm³/mol. The zero-order valence-electron chi connectivity index (χ0n) is 11.7. The molecule has 0 radical (unpaired) electrons. The molecule has 3 rings (SSSR count). The van der Waals surface area contributed by atoms with Gasteiger partial charge in [-0.05, 0) is 43.3 Å². The van der Waals surface area contributed by atoms with Crippen LogP contribution in [0.25, 0.3) is 10.9 Å². The van der Waals surface area contributed by atoms with E-state index in [9.17, 15) is 0 Å². The molecule has 100 valence electrons. The van der Waals surface area contributed by atoms with Crippen LogP contribution in [-0.4, -0.2) is 17.0 Å². The summed E-state index contributed by atoms with van der Waals surface area (Å²) in [6.45, 7) is 2.03. The van der Waals surface area contributed by atoms with Gasteiger partial charge in [0.2, 0.25) is 0 Å². The second-order valence-corrected chi connectivity index (χ2v) is 4.88. The van der Waals surface area contributed by atoms with E-state index in [-0.39, 0.29) is 6.04 Å². The van der Waals surface area contributed by atoms with Crippen LogP contribution in [0.15, 0.2) is 54.9 Å². The average Bonchev–Trinajstić information content (AvgIpc) is 2.49. The zero-order chi connectivity index (χ0) is 13.9. The fourth-order valence-electron chi connectivity index (χ4n) is 2.63. The second kappa shape index (κ2) is 5.39. The molecule has 2 heterocycles. The van der Waals surface area contributed by atoms with Crippen molar-refractivity contribution in [1.82, 2.24) is 15.3 Å². The third-order valence-electron chi connectivity index (χ3n) is 3.49. The Morgan fingerprint density at radius 3 is 2.70 bits per heavy atom. The Morgan fingerprint density at radius 2 is 1.95 bits per heavy atom. The van der Waals surface area contributed by atoms with Crippen molar-refractivity contribution in [1.29, 1.82) is 0 Å². The minimum absolute atomic E-state index is 0.121. The Morgan fingerprint density at radius 1 is 1.10 bits per heavy atom. The quantitative estimate of drug-likeness (QED) is 0.788. The molecule has 1 aromatic carbocycles. The highest BCUT2D eigenvalue weighted by Gasteiger charge is 2.15. The maximum Gasteiger partial charge on any atom is 0.0708 e. The number of aromatic nitrogens is 2. The van der Waals surface area contributed by atoms with Crippen LogP contribution < -0.4 is 5.32 Å². The molecule has 0 saturated carbocycles. The molecule has 0 amide bonds. The predicted octanol–water partition coefficient (Wildman–Crippen LogP) is 3.25. The van der Waals surface area contributed by atoms with Crippen molar-refractivity contribution >= 4 is 10.9 Å². The van der Waals surface area contributed by atoms with Crippen LogP contribution in [0.3, 0.4) is 0 Å². The normalized spacial score (nSPS) is 12.5. The van der Waals surface area contributed by atoms with Crippen molar-refractivity contribution in [2.45, 2.75) is 13.0 Å². The number of nitrogens with zero attached hydrogens (tertiary/aromatic N) is 2. The van der Waals surface area contributed by atoms with Crippen molar-refractivity contribution in [2.24, 2.45) is 0 Å². The molecule has 0 saturated heterocycles. The number of rotatable bonds is 3. The standard InChI is InChI=1S/C17H17N3/c1-12-10-15(14-7-3-4-8-16(14)20-12)17(18-2)13-6-5-9-19-11-13/h3-11,17-18H,1-2H3. The number of hydrogen-bond acceptors (Lipinski definition) is 3. The van der Waals surface area contributed by atoms with Gasteiger partial charge < -0.3 is 5.32 Å². The molecule has 3 heteroatoms. The second-order valence-electron chi connectivity index (χ2n) is 4.88. The van der Waals surface area contributed by atoms with E-state index in [1.807, 2.05) is 32.3 Å². The zero-order valence-corrected chi connectivity index (χ0v) is 11.7. The fourth-order valence-corrected chi connectivity index (χ4v) is 2.63. The van der Waals surface area contributed by atoms with Gasteiger partial charge in [-0.25, -0.2) is 0 Å². The molecule has 0 aliphatic carbocycles. The first-order chi connectivity index (χ1) is 9.79. The van der Waals surface area contributed by atoms with E-state index in [1.54, 1.807) is 6.20 Å². The summed E-state index contributed by atoms with van der Waals surface area (Å²) in [5, 5.41) is 4.57. The number of hydrogen-bond donors (Lipinski definition) is 1. The minimum atomic E-state index is 0.121. The third-order valence-corrected chi connectivity index (χ3v) is 3.49. The Bertz CT molecular complexity index is 723. The van der Waals surface area contributed by atoms with E-state index in [2.05, 4.69) is 45.6 Å². The van der Waals surface area contributed by atoms with Gasteiger partial charge in [0, 0.05) is 23.5 Å². The third kappa shape index (κ3) is 2.28. The van der Waals surface area contributed by atoms with Gasteiger partial charge in [0.1, 0.15) is 0 Å². The van der Waals surface area contributed by atoms with Crippen LogP contribution in [0.2, 0.25) is 0 Å². The number of aryl methyl sites for hydroxylation is 1. The molecule has 0 spiro atoms. The van der Waals surface area contributed by atoms with Gasteiger partial charge >= 0.3 is 0 Å². The summed E-state index contributed by atoms with van der Waals surface area (Å²) in [6.07, 6.45) is 3.71. The molecule has 1 unspecified atom stereocenters. The van der Waals surface area contributed by atoms with Crippen molar-refractivity contribution in [3.63, 3.8) is 0 Å². The van der Waals surface area contributed by atoms with E-state index in [1.165, 1.54) is 10.9 Å². The highest BCUT2D eigenvalue weighted by atomic mass is 14.9. The lowest BCUT2D eigenvalue weighted by atomic mass is 9.96. The maximum absolute atomic E-state index is 4.60. The summed E-state index contributed by atoms with van der Waals surface area (Å²) in [5.74, 6) is 0. The first-order valence-corrected chi connectivity index (χ1v) is 6.73. The average molecular weight is 263 g/mol. The molecule has 1 N–H and O–H groups in total. The molecule has 3 aromatic rings. The lowest BCUT2D eigenvalue weighted by Crippen LogP contribution is -2.18. The monoisotopic (exact) mass is 263 g/mol. The summed E-state index contributed by atoms with van der Waals surface area (Å²) in [7, 11) is 1.97. The molecular weight excluding hydrogens is 246 g/mol. The lowest BCUT2D eigenvalue weighted by molar-refractivity contribution is 0.692. The molecule has 2 aromatic heterocycles. The fraction of sp³-hybridized carbons (Fsp3) is 0.176. The number of fused-ring (bicyclic) bond motifs is 1. The Labute approximate surface area is 118 Å².